The number of ether oxygens (including phenoxy) is 1. The Bertz CT molecular complexity index is 701. The van der Waals surface area contributed by atoms with Crippen LogP contribution in [0.1, 0.15) is 52.0 Å². The predicted molar refractivity (Wildman–Crippen MR) is 105 cm³/mol. The smallest absolute Gasteiger partial charge is 0.407 e. The summed E-state index contributed by atoms with van der Waals surface area (Å²) in [6.45, 7) is 9.29. The van der Waals surface area contributed by atoms with Crippen LogP contribution in [0.25, 0.3) is 11.1 Å². The number of aryl methyl sites for hydroxylation is 2. The monoisotopic (exact) mass is 357 g/mol. The van der Waals surface area contributed by atoms with Gasteiger partial charge in [-0.25, -0.2) is 4.79 Å². The summed E-state index contributed by atoms with van der Waals surface area (Å²) in [5.74, 6) is 0. The molecule has 0 atom stereocenters. The first-order valence-corrected chi connectivity index (χ1v) is 9.40. The number of carbonyl (C=O) groups excluding carboxylic acids is 1. The average Bonchev–Trinajstić information content (AvgIpc) is 3.01. The fourth-order valence-corrected chi connectivity index (χ4v) is 2.72. The molecule has 5 nitrogen and oxygen atoms in total. The van der Waals surface area contributed by atoms with Crippen molar-refractivity contribution in [1.82, 2.24) is 15.1 Å². The van der Waals surface area contributed by atoms with Crippen LogP contribution in [0.3, 0.4) is 0 Å². The Kier molecular flexibility index (Phi) is 7.25. The Morgan fingerprint density at radius 1 is 1.15 bits per heavy atom. The zero-order valence-corrected chi connectivity index (χ0v) is 16.4. The number of hydrogen-bond donors (Lipinski definition) is 1. The highest BCUT2D eigenvalue weighted by atomic mass is 16.6. The van der Waals surface area contributed by atoms with Crippen molar-refractivity contribution in [3.8, 4) is 11.1 Å². The van der Waals surface area contributed by atoms with Gasteiger partial charge in [0.1, 0.15) is 5.60 Å². The van der Waals surface area contributed by atoms with Crippen LogP contribution in [0, 0.1) is 6.92 Å². The lowest BCUT2D eigenvalue weighted by Crippen LogP contribution is -2.32. The van der Waals surface area contributed by atoms with Gasteiger partial charge in [0.05, 0.1) is 6.20 Å². The molecule has 1 N–H and O–H groups in total. The van der Waals surface area contributed by atoms with Gasteiger partial charge in [-0.2, -0.15) is 5.10 Å². The molecule has 0 aliphatic rings. The number of hydrogen-bond acceptors (Lipinski definition) is 3. The number of alkyl carbamates (subject to hydrolysis) is 1. The summed E-state index contributed by atoms with van der Waals surface area (Å²) in [6, 6.07) is 8.48. The van der Waals surface area contributed by atoms with Crippen molar-refractivity contribution >= 4 is 6.09 Å². The maximum Gasteiger partial charge on any atom is 0.407 e. The second kappa shape index (κ2) is 9.41. The molecule has 0 spiro atoms. The second-order valence-corrected chi connectivity index (χ2v) is 7.70. The van der Waals surface area contributed by atoms with E-state index in [1.54, 1.807) is 0 Å². The molecule has 5 heteroatoms. The Labute approximate surface area is 156 Å². The molecular formula is C21H31N3O2. The molecule has 26 heavy (non-hydrogen) atoms. The molecular weight excluding hydrogens is 326 g/mol. The van der Waals surface area contributed by atoms with E-state index in [0.29, 0.717) is 6.54 Å². The summed E-state index contributed by atoms with van der Waals surface area (Å²) in [7, 11) is 0. The van der Waals surface area contributed by atoms with Crippen molar-refractivity contribution in [2.45, 2.75) is 65.5 Å². The van der Waals surface area contributed by atoms with Crippen LogP contribution in [-0.2, 0) is 11.3 Å². The van der Waals surface area contributed by atoms with Gasteiger partial charge in [0, 0.05) is 24.8 Å². The quantitative estimate of drug-likeness (QED) is 0.681. The fourth-order valence-electron chi connectivity index (χ4n) is 2.72. The zero-order valence-electron chi connectivity index (χ0n) is 16.4. The molecule has 0 saturated heterocycles. The van der Waals surface area contributed by atoms with E-state index in [1.165, 1.54) is 11.1 Å². The van der Waals surface area contributed by atoms with E-state index in [0.717, 1.165) is 37.8 Å². The van der Waals surface area contributed by atoms with Crippen LogP contribution >= 0.6 is 0 Å². The first-order valence-electron chi connectivity index (χ1n) is 9.40. The van der Waals surface area contributed by atoms with Crippen molar-refractivity contribution in [3.63, 3.8) is 0 Å². The Balaban J connectivity index is 1.60. The van der Waals surface area contributed by atoms with Gasteiger partial charge < -0.3 is 10.1 Å². The highest BCUT2D eigenvalue weighted by Crippen LogP contribution is 2.19. The van der Waals surface area contributed by atoms with Gasteiger partial charge >= 0.3 is 6.09 Å². The lowest BCUT2D eigenvalue weighted by molar-refractivity contribution is 0.0527. The highest BCUT2D eigenvalue weighted by Gasteiger charge is 2.15. The summed E-state index contributed by atoms with van der Waals surface area (Å²) < 4.78 is 7.22. The first-order chi connectivity index (χ1) is 12.3. The third kappa shape index (κ3) is 7.30. The van der Waals surface area contributed by atoms with Gasteiger partial charge in [-0.3, -0.25) is 4.68 Å². The minimum absolute atomic E-state index is 0.335. The molecule has 1 aromatic carbocycles. The first kappa shape index (κ1) is 20.0. The number of nitrogens with one attached hydrogen (secondary N) is 1. The number of amides is 1. The number of benzene rings is 1. The molecule has 2 rings (SSSR count). The van der Waals surface area contributed by atoms with Gasteiger partial charge in [-0.05, 0) is 46.1 Å². The van der Waals surface area contributed by atoms with Gasteiger partial charge in [-0.15, -0.1) is 0 Å². The molecule has 0 unspecified atom stereocenters. The third-order valence-electron chi connectivity index (χ3n) is 3.97. The topological polar surface area (TPSA) is 56.2 Å². The Morgan fingerprint density at radius 3 is 2.65 bits per heavy atom. The van der Waals surface area contributed by atoms with E-state index in [2.05, 4.69) is 47.8 Å². The summed E-state index contributed by atoms with van der Waals surface area (Å²) in [5, 5.41) is 7.25. The van der Waals surface area contributed by atoms with E-state index in [-0.39, 0.29) is 6.09 Å². The van der Waals surface area contributed by atoms with Crippen molar-refractivity contribution in [2.75, 3.05) is 6.54 Å². The molecule has 0 saturated carbocycles. The van der Waals surface area contributed by atoms with E-state index in [1.807, 2.05) is 31.6 Å². The lowest BCUT2D eigenvalue weighted by atomic mass is 10.1. The van der Waals surface area contributed by atoms with Crippen LogP contribution in [0.15, 0.2) is 36.7 Å². The van der Waals surface area contributed by atoms with Crippen LogP contribution in [0.5, 0.6) is 0 Å². The third-order valence-corrected chi connectivity index (χ3v) is 3.97. The zero-order chi connectivity index (χ0) is 19.0. The number of unbranched alkanes of at least 4 members (excludes halogenated alkanes) is 3. The number of aromatic nitrogens is 2. The molecule has 0 aliphatic carbocycles. The summed E-state index contributed by atoms with van der Waals surface area (Å²) >= 11 is 0. The SMILES string of the molecule is Cc1cccc(-c2cnn(CCCCCCNC(=O)OC(C)(C)C)c2)c1. The fraction of sp³-hybridized carbons (Fsp3) is 0.524. The molecule has 0 radical (unpaired) electrons. The molecule has 1 amide bonds. The maximum atomic E-state index is 11.5. The van der Waals surface area contributed by atoms with Gasteiger partial charge in [0.2, 0.25) is 0 Å². The number of rotatable bonds is 8. The molecule has 142 valence electrons. The Hall–Kier alpha value is -2.30. The van der Waals surface area contributed by atoms with Crippen molar-refractivity contribution in [1.29, 1.82) is 0 Å². The van der Waals surface area contributed by atoms with Crippen LogP contribution < -0.4 is 5.32 Å². The van der Waals surface area contributed by atoms with Crippen LogP contribution in [-0.4, -0.2) is 28.0 Å². The number of nitrogens with zero attached hydrogens (tertiary/aromatic N) is 2. The van der Waals surface area contributed by atoms with E-state index in [4.69, 9.17) is 4.74 Å². The van der Waals surface area contributed by atoms with E-state index in [9.17, 15) is 4.79 Å². The van der Waals surface area contributed by atoms with Crippen molar-refractivity contribution in [2.24, 2.45) is 0 Å². The van der Waals surface area contributed by atoms with Crippen LogP contribution in [0.4, 0.5) is 4.79 Å². The lowest BCUT2D eigenvalue weighted by Gasteiger charge is -2.19. The molecule has 0 aliphatic heterocycles. The molecule has 2 aromatic rings. The summed E-state index contributed by atoms with van der Waals surface area (Å²) in [6.07, 6.45) is 7.96. The minimum Gasteiger partial charge on any atom is -0.444 e. The molecule has 0 bridgehead atoms. The van der Waals surface area contributed by atoms with E-state index < -0.39 is 5.60 Å². The van der Waals surface area contributed by atoms with Crippen molar-refractivity contribution in [3.05, 3.63) is 42.2 Å². The maximum absolute atomic E-state index is 11.5. The molecule has 1 aromatic heterocycles. The summed E-state index contributed by atoms with van der Waals surface area (Å²) in [5.41, 5.74) is 3.19. The molecule has 1 heterocycles. The second-order valence-electron chi connectivity index (χ2n) is 7.70. The largest absolute Gasteiger partial charge is 0.444 e. The normalized spacial score (nSPS) is 11.4. The van der Waals surface area contributed by atoms with Crippen LogP contribution in [0.2, 0.25) is 0 Å². The van der Waals surface area contributed by atoms with E-state index >= 15 is 0 Å². The van der Waals surface area contributed by atoms with Crippen molar-refractivity contribution < 1.29 is 9.53 Å². The highest BCUT2D eigenvalue weighted by molar-refractivity contribution is 5.67. The van der Waals surface area contributed by atoms with Gasteiger partial charge in [0.25, 0.3) is 0 Å². The van der Waals surface area contributed by atoms with Gasteiger partial charge in [-0.1, -0.05) is 42.7 Å². The number of carbonyl (C=O) groups is 1. The van der Waals surface area contributed by atoms with Gasteiger partial charge in [0.15, 0.2) is 0 Å². The Morgan fingerprint density at radius 2 is 1.92 bits per heavy atom. The standard InChI is InChI=1S/C21H31N3O2/c1-17-10-9-11-18(14-17)19-15-23-24(16-19)13-8-6-5-7-12-22-20(25)26-21(2,3)4/h9-11,14-16H,5-8,12-13H2,1-4H3,(H,22,25). The summed E-state index contributed by atoms with van der Waals surface area (Å²) in [4.78, 5) is 11.5. The molecule has 0 fully saturated rings. The predicted octanol–water partition coefficient (Wildman–Crippen LogP) is 4.94. The minimum atomic E-state index is -0.439. The average molecular weight is 357 g/mol.